The monoisotopic (exact) mass is 235 g/mol. The Morgan fingerprint density at radius 3 is 2.41 bits per heavy atom. The van der Waals surface area contributed by atoms with E-state index in [2.05, 4.69) is 0 Å². The van der Waals surface area contributed by atoms with Crippen LogP contribution in [0.25, 0.3) is 0 Å². The van der Waals surface area contributed by atoms with Crippen LogP contribution in [0, 0.1) is 5.92 Å². The molecule has 0 aromatic heterocycles. The molecular formula is C13H17NO3. The Morgan fingerprint density at radius 1 is 1.29 bits per heavy atom. The van der Waals surface area contributed by atoms with Gasteiger partial charge >= 0.3 is 5.97 Å². The summed E-state index contributed by atoms with van der Waals surface area (Å²) in [5, 5.41) is 8.83. The molecule has 17 heavy (non-hydrogen) atoms. The molecule has 0 heterocycles. The highest BCUT2D eigenvalue weighted by Gasteiger charge is 2.17. The first-order valence-corrected chi connectivity index (χ1v) is 5.55. The van der Waals surface area contributed by atoms with Crippen molar-refractivity contribution in [1.29, 1.82) is 0 Å². The maximum atomic E-state index is 11.9. The van der Waals surface area contributed by atoms with Crippen molar-refractivity contribution in [2.45, 2.75) is 26.3 Å². The van der Waals surface area contributed by atoms with Crippen LogP contribution in [0.15, 0.2) is 24.3 Å². The standard InChI is InChI=1S/C13H17NO3/c1-8(2)6-11(14)12(15)9-4-3-5-10(7-9)13(16)17/h3-5,7-8,11H,6,14H2,1-2H3,(H,16,17)/t11-/m0/s1. The molecule has 3 N–H and O–H groups in total. The van der Waals surface area contributed by atoms with Crippen LogP contribution in [0.2, 0.25) is 0 Å². The Morgan fingerprint density at radius 2 is 1.88 bits per heavy atom. The zero-order valence-electron chi connectivity index (χ0n) is 10.0. The molecule has 0 aliphatic heterocycles. The molecule has 0 saturated carbocycles. The first-order valence-electron chi connectivity index (χ1n) is 5.55. The fourth-order valence-electron chi connectivity index (χ4n) is 1.63. The lowest BCUT2D eigenvalue weighted by atomic mass is 9.96. The lowest BCUT2D eigenvalue weighted by Gasteiger charge is -2.13. The largest absolute Gasteiger partial charge is 0.478 e. The predicted octanol–water partition coefficient (Wildman–Crippen LogP) is 1.94. The fourth-order valence-corrected chi connectivity index (χ4v) is 1.63. The van der Waals surface area contributed by atoms with Gasteiger partial charge in [0.05, 0.1) is 11.6 Å². The molecule has 0 aliphatic rings. The van der Waals surface area contributed by atoms with Crippen LogP contribution in [0.3, 0.4) is 0 Å². The van der Waals surface area contributed by atoms with E-state index >= 15 is 0 Å². The molecule has 1 aromatic carbocycles. The summed E-state index contributed by atoms with van der Waals surface area (Å²) >= 11 is 0. The molecule has 0 fully saturated rings. The third-order valence-electron chi connectivity index (χ3n) is 2.46. The van der Waals surface area contributed by atoms with E-state index in [-0.39, 0.29) is 11.3 Å². The molecule has 1 rings (SSSR count). The first-order chi connectivity index (χ1) is 7.91. The SMILES string of the molecule is CC(C)C[C@H](N)C(=O)c1cccc(C(=O)O)c1. The predicted molar refractivity (Wildman–Crippen MR) is 65.2 cm³/mol. The normalized spacial score (nSPS) is 12.5. The van der Waals surface area contributed by atoms with Gasteiger partial charge in [-0.15, -0.1) is 0 Å². The number of carboxylic acids is 1. The van der Waals surface area contributed by atoms with Crippen molar-refractivity contribution >= 4 is 11.8 Å². The molecule has 1 aromatic rings. The molecule has 0 unspecified atom stereocenters. The number of benzene rings is 1. The number of hydrogen-bond acceptors (Lipinski definition) is 3. The van der Waals surface area contributed by atoms with Gasteiger partial charge in [-0.05, 0) is 24.5 Å². The summed E-state index contributed by atoms with van der Waals surface area (Å²) in [6.45, 7) is 3.97. The molecular weight excluding hydrogens is 218 g/mol. The van der Waals surface area contributed by atoms with E-state index in [4.69, 9.17) is 10.8 Å². The number of carbonyl (C=O) groups excluding carboxylic acids is 1. The van der Waals surface area contributed by atoms with E-state index in [9.17, 15) is 9.59 Å². The number of carboxylic acid groups (broad SMARTS) is 1. The molecule has 0 aliphatic carbocycles. The molecule has 0 amide bonds. The van der Waals surface area contributed by atoms with Crippen molar-refractivity contribution in [2.24, 2.45) is 11.7 Å². The molecule has 4 heteroatoms. The minimum atomic E-state index is -1.04. The van der Waals surface area contributed by atoms with E-state index in [1.54, 1.807) is 12.1 Å². The summed E-state index contributed by atoms with van der Waals surface area (Å²) in [5.74, 6) is -0.921. The summed E-state index contributed by atoms with van der Waals surface area (Å²) in [6, 6.07) is 5.39. The average Bonchev–Trinajstić information content (AvgIpc) is 2.27. The lowest BCUT2D eigenvalue weighted by molar-refractivity contribution is 0.0697. The Labute approximate surface area is 100 Å². The zero-order valence-corrected chi connectivity index (χ0v) is 10.0. The van der Waals surface area contributed by atoms with Crippen LogP contribution in [0.4, 0.5) is 0 Å². The number of hydrogen-bond donors (Lipinski definition) is 2. The van der Waals surface area contributed by atoms with E-state index in [0.29, 0.717) is 17.9 Å². The molecule has 92 valence electrons. The Kier molecular flexibility index (Phi) is 4.40. The Hall–Kier alpha value is -1.68. The summed E-state index contributed by atoms with van der Waals surface area (Å²) in [7, 11) is 0. The number of Topliss-reactive ketones (excluding diaryl/α,β-unsaturated/α-hetero) is 1. The van der Waals surface area contributed by atoms with Crippen LogP contribution in [0.5, 0.6) is 0 Å². The molecule has 0 spiro atoms. The van der Waals surface area contributed by atoms with Crippen LogP contribution >= 0.6 is 0 Å². The molecule has 0 bridgehead atoms. The van der Waals surface area contributed by atoms with Gasteiger partial charge in [0.15, 0.2) is 5.78 Å². The maximum absolute atomic E-state index is 11.9. The summed E-state index contributed by atoms with van der Waals surface area (Å²) in [5.41, 5.74) is 6.24. The molecule has 0 saturated heterocycles. The minimum Gasteiger partial charge on any atom is -0.478 e. The van der Waals surface area contributed by atoms with E-state index in [0.717, 1.165) is 0 Å². The van der Waals surface area contributed by atoms with Gasteiger partial charge in [0.2, 0.25) is 0 Å². The molecule has 0 radical (unpaired) electrons. The van der Waals surface area contributed by atoms with Crippen molar-refractivity contribution < 1.29 is 14.7 Å². The van der Waals surface area contributed by atoms with Crippen LogP contribution in [-0.4, -0.2) is 22.9 Å². The van der Waals surface area contributed by atoms with Gasteiger partial charge in [0, 0.05) is 5.56 Å². The van der Waals surface area contributed by atoms with Crippen molar-refractivity contribution in [3.63, 3.8) is 0 Å². The van der Waals surface area contributed by atoms with Crippen LogP contribution in [-0.2, 0) is 0 Å². The average molecular weight is 235 g/mol. The van der Waals surface area contributed by atoms with Crippen LogP contribution in [0.1, 0.15) is 41.0 Å². The van der Waals surface area contributed by atoms with E-state index in [1.165, 1.54) is 12.1 Å². The number of nitrogens with two attached hydrogens (primary N) is 1. The van der Waals surface area contributed by atoms with Gasteiger partial charge in [-0.1, -0.05) is 26.0 Å². The zero-order chi connectivity index (χ0) is 13.0. The van der Waals surface area contributed by atoms with E-state index < -0.39 is 12.0 Å². The van der Waals surface area contributed by atoms with Crippen molar-refractivity contribution in [3.05, 3.63) is 35.4 Å². The maximum Gasteiger partial charge on any atom is 0.335 e. The highest BCUT2D eigenvalue weighted by molar-refractivity contribution is 6.01. The topological polar surface area (TPSA) is 80.4 Å². The summed E-state index contributed by atoms with van der Waals surface area (Å²) < 4.78 is 0. The quantitative estimate of drug-likeness (QED) is 0.764. The summed E-state index contributed by atoms with van der Waals surface area (Å²) in [6.07, 6.45) is 0.593. The second-order valence-corrected chi connectivity index (χ2v) is 4.49. The number of aromatic carboxylic acids is 1. The van der Waals surface area contributed by atoms with Crippen molar-refractivity contribution in [2.75, 3.05) is 0 Å². The Balaban J connectivity index is 2.89. The number of rotatable bonds is 5. The molecule has 4 nitrogen and oxygen atoms in total. The van der Waals surface area contributed by atoms with E-state index in [1.807, 2.05) is 13.8 Å². The highest BCUT2D eigenvalue weighted by Crippen LogP contribution is 2.11. The van der Waals surface area contributed by atoms with Crippen molar-refractivity contribution in [1.82, 2.24) is 0 Å². The van der Waals surface area contributed by atoms with Gasteiger partial charge in [0.25, 0.3) is 0 Å². The minimum absolute atomic E-state index is 0.104. The fraction of sp³-hybridized carbons (Fsp3) is 0.385. The lowest BCUT2D eigenvalue weighted by Crippen LogP contribution is -2.32. The highest BCUT2D eigenvalue weighted by atomic mass is 16.4. The number of carbonyl (C=O) groups is 2. The van der Waals surface area contributed by atoms with Gasteiger partial charge in [-0.3, -0.25) is 4.79 Å². The van der Waals surface area contributed by atoms with Gasteiger partial charge < -0.3 is 10.8 Å². The second kappa shape index (κ2) is 5.59. The van der Waals surface area contributed by atoms with Gasteiger partial charge in [-0.2, -0.15) is 0 Å². The van der Waals surface area contributed by atoms with Crippen LogP contribution < -0.4 is 5.73 Å². The Bertz CT molecular complexity index is 426. The van der Waals surface area contributed by atoms with Gasteiger partial charge in [-0.25, -0.2) is 4.79 Å². The third kappa shape index (κ3) is 3.67. The number of ketones is 1. The third-order valence-corrected chi connectivity index (χ3v) is 2.46. The molecule has 1 atom stereocenters. The van der Waals surface area contributed by atoms with Crippen molar-refractivity contribution in [3.8, 4) is 0 Å². The smallest absolute Gasteiger partial charge is 0.335 e. The van der Waals surface area contributed by atoms with Gasteiger partial charge in [0.1, 0.15) is 0 Å². The second-order valence-electron chi connectivity index (χ2n) is 4.49. The summed E-state index contributed by atoms with van der Waals surface area (Å²) in [4.78, 5) is 22.7. The first kappa shape index (κ1) is 13.4.